The van der Waals surface area contributed by atoms with Crippen LogP contribution in [0.25, 0.3) is 16.2 Å². The number of hydrogen-bond acceptors (Lipinski definition) is 3. The number of nitrogens with zero attached hydrogens (tertiary/aromatic N) is 2. The Bertz CT molecular complexity index is 869. The minimum absolute atomic E-state index is 0. The quantitative estimate of drug-likeness (QED) is 0.554. The fourth-order valence-electron chi connectivity index (χ4n) is 2.90. The van der Waals surface area contributed by atoms with Crippen LogP contribution in [0.2, 0.25) is 0 Å². The van der Waals surface area contributed by atoms with E-state index in [1.807, 2.05) is 18.5 Å². The molecule has 0 radical (unpaired) electrons. The van der Waals surface area contributed by atoms with Gasteiger partial charge in [0.15, 0.2) is 0 Å². The fourth-order valence-corrected chi connectivity index (χ4v) is 3.82. The van der Waals surface area contributed by atoms with Crippen molar-refractivity contribution in [3.63, 3.8) is 0 Å². The number of allylic oxidation sites excluding steroid dienone is 1. The minimum Gasteiger partial charge on any atom is -0.284 e. The Labute approximate surface area is 158 Å². The van der Waals surface area contributed by atoms with Gasteiger partial charge in [-0.1, -0.05) is 18.2 Å². The van der Waals surface area contributed by atoms with Crippen LogP contribution in [-0.4, -0.2) is 17.2 Å². The monoisotopic (exact) mass is 376 g/mol. The highest BCUT2D eigenvalue weighted by Gasteiger charge is 2.15. The van der Waals surface area contributed by atoms with Crippen molar-refractivity contribution in [3.05, 3.63) is 70.9 Å². The van der Waals surface area contributed by atoms with Crippen LogP contribution < -0.4 is 0 Å². The number of fused-ring (bicyclic) bond motifs is 1. The van der Waals surface area contributed by atoms with Crippen LogP contribution >= 0.6 is 36.2 Å². The Morgan fingerprint density at radius 1 is 1.04 bits per heavy atom. The van der Waals surface area contributed by atoms with Crippen LogP contribution in [0.15, 0.2) is 64.7 Å². The maximum Gasteiger partial charge on any atom is 0.0694 e. The van der Waals surface area contributed by atoms with Gasteiger partial charge in [0.05, 0.1) is 5.71 Å². The highest BCUT2D eigenvalue weighted by molar-refractivity contribution is 7.17. The normalized spacial score (nSPS) is 15.5. The summed E-state index contributed by atoms with van der Waals surface area (Å²) >= 11 is 1.80. The summed E-state index contributed by atoms with van der Waals surface area (Å²) in [7, 11) is 0. The van der Waals surface area contributed by atoms with Crippen molar-refractivity contribution in [2.24, 2.45) is 4.99 Å². The summed E-state index contributed by atoms with van der Waals surface area (Å²) in [4.78, 5) is 8.99. The molecule has 24 heavy (non-hydrogen) atoms. The van der Waals surface area contributed by atoms with E-state index in [4.69, 9.17) is 4.99 Å². The summed E-state index contributed by atoms with van der Waals surface area (Å²) in [5, 5.41) is 3.57. The SMILES string of the molecule is C(=C1CCCN=C1c1cccnc1)c1csc2ccccc12.Cl.Cl. The molecule has 0 fully saturated rings. The third kappa shape index (κ3) is 3.69. The molecule has 1 aromatic carbocycles. The summed E-state index contributed by atoms with van der Waals surface area (Å²) in [5.41, 5.74) is 4.85. The third-order valence-corrected chi connectivity index (χ3v) is 4.94. The predicted octanol–water partition coefficient (Wildman–Crippen LogP) is 5.81. The molecule has 0 saturated carbocycles. The first-order valence-corrected chi connectivity index (χ1v) is 8.42. The van der Waals surface area contributed by atoms with Crippen molar-refractivity contribution in [1.29, 1.82) is 0 Å². The lowest BCUT2D eigenvalue weighted by molar-refractivity contribution is 0.818. The molecule has 0 unspecified atom stereocenters. The molecule has 0 N–H and O–H groups in total. The maximum atomic E-state index is 4.75. The first kappa shape index (κ1) is 18.7. The van der Waals surface area contributed by atoms with Crippen LogP contribution in [0.1, 0.15) is 24.0 Å². The van der Waals surface area contributed by atoms with Crippen molar-refractivity contribution in [3.8, 4) is 0 Å². The molecule has 3 aromatic rings. The van der Waals surface area contributed by atoms with Gasteiger partial charge < -0.3 is 0 Å². The molecule has 0 amide bonds. The van der Waals surface area contributed by atoms with Gasteiger partial charge in [0, 0.05) is 29.2 Å². The van der Waals surface area contributed by atoms with Crippen molar-refractivity contribution in [1.82, 2.24) is 4.98 Å². The van der Waals surface area contributed by atoms with Crippen molar-refractivity contribution in [2.45, 2.75) is 12.8 Å². The molecule has 1 aliphatic rings. The number of aromatic nitrogens is 1. The van der Waals surface area contributed by atoms with Crippen molar-refractivity contribution < 1.29 is 0 Å². The molecule has 124 valence electrons. The lowest BCUT2D eigenvalue weighted by atomic mass is 9.95. The summed E-state index contributed by atoms with van der Waals surface area (Å²) in [6.07, 6.45) is 8.23. The number of thiophene rings is 1. The van der Waals surface area contributed by atoms with E-state index in [9.17, 15) is 0 Å². The zero-order valence-electron chi connectivity index (χ0n) is 13.0. The van der Waals surface area contributed by atoms with Gasteiger partial charge in [0.2, 0.25) is 0 Å². The largest absolute Gasteiger partial charge is 0.284 e. The molecular weight excluding hydrogens is 359 g/mol. The number of halogens is 2. The van der Waals surface area contributed by atoms with Crippen LogP contribution in [-0.2, 0) is 0 Å². The second kappa shape index (κ2) is 8.43. The molecule has 2 nitrogen and oxygen atoms in total. The lowest BCUT2D eigenvalue weighted by Crippen LogP contribution is -2.11. The van der Waals surface area contributed by atoms with Gasteiger partial charge in [-0.3, -0.25) is 9.98 Å². The van der Waals surface area contributed by atoms with Crippen LogP contribution in [0.4, 0.5) is 0 Å². The van der Waals surface area contributed by atoms with Gasteiger partial charge in [-0.2, -0.15) is 0 Å². The first-order chi connectivity index (χ1) is 10.9. The van der Waals surface area contributed by atoms with E-state index in [0.29, 0.717) is 0 Å². The zero-order chi connectivity index (χ0) is 14.8. The molecule has 0 atom stereocenters. The highest BCUT2D eigenvalue weighted by Crippen LogP contribution is 2.29. The molecule has 0 bridgehead atoms. The average molecular weight is 377 g/mol. The summed E-state index contributed by atoms with van der Waals surface area (Å²) in [6, 6.07) is 12.6. The lowest BCUT2D eigenvalue weighted by Gasteiger charge is -2.16. The summed E-state index contributed by atoms with van der Waals surface area (Å²) < 4.78 is 1.34. The molecule has 0 saturated heterocycles. The van der Waals surface area contributed by atoms with Gasteiger partial charge in [-0.05, 0) is 59.0 Å². The Balaban J connectivity index is 0.00000104. The number of pyridine rings is 1. The number of benzene rings is 1. The van der Waals surface area contributed by atoms with Gasteiger partial charge in [0.25, 0.3) is 0 Å². The topological polar surface area (TPSA) is 25.2 Å². The molecule has 0 aliphatic carbocycles. The van der Waals surface area contributed by atoms with Gasteiger partial charge in [0.1, 0.15) is 0 Å². The fraction of sp³-hybridized carbons (Fsp3) is 0.158. The van der Waals surface area contributed by atoms with Gasteiger partial charge >= 0.3 is 0 Å². The molecule has 0 spiro atoms. The second-order valence-electron chi connectivity index (χ2n) is 5.43. The Morgan fingerprint density at radius 3 is 2.75 bits per heavy atom. The highest BCUT2D eigenvalue weighted by atomic mass is 35.5. The third-order valence-electron chi connectivity index (χ3n) is 3.95. The van der Waals surface area contributed by atoms with E-state index in [1.165, 1.54) is 21.2 Å². The van der Waals surface area contributed by atoms with Crippen LogP contribution in [0.5, 0.6) is 0 Å². The van der Waals surface area contributed by atoms with E-state index < -0.39 is 0 Å². The van der Waals surface area contributed by atoms with Gasteiger partial charge in [-0.25, -0.2) is 0 Å². The molecule has 3 heterocycles. The van der Waals surface area contributed by atoms with E-state index in [2.05, 4.69) is 46.8 Å². The Morgan fingerprint density at radius 2 is 1.92 bits per heavy atom. The smallest absolute Gasteiger partial charge is 0.0694 e. The molecule has 1 aliphatic heterocycles. The minimum atomic E-state index is 0. The van der Waals surface area contributed by atoms with Crippen LogP contribution in [0, 0.1) is 0 Å². The summed E-state index contributed by atoms with van der Waals surface area (Å²) in [5.74, 6) is 0. The molecule has 5 heteroatoms. The van der Waals surface area contributed by atoms with Gasteiger partial charge in [-0.15, -0.1) is 36.2 Å². The number of aliphatic imine (C=N–C) groups is 1. The molecular formula is C19H18Cl2N2S. The van der Waals surface area contributed by atoms with E-state index in [1.54, 1.807) is 11.3 Å². The zero-order valence-corrected chi connectivity index (χ0v) is 15.5. The Kier molecular flexibility index (Phi) is 6.55. The van der Waals surface area contributed by atoms with Crippen LogP contribution in [0.3, 0.4) is 0 Å². The Hall–Kier alpha value is -1.68. The van der Waals surface area contributed by atoms with E-state index in [-0.39, 0.29) is 24.8 Å². The molecule has 2 aromatic heterocycles. The summed E-state index contributed by atoms with van der Waals surface area (Å²) in [6.45, 7) is 0.909. The number of rotatable bonds is 2. The molecule has 4 rings (SSSR count). The first-order valence-electron chi connectivity index (χ1n) is 7.54. The maximum absolute atomic E-state index is 4.75. The van der Waals surface area contributed by atoms with Crippen molar-refractivity contribution in [2.75, 3.05) is 6.54 Å². The predicted molar refractivity (Wildman–Crippen MR) is 109 cm³/mol. The van der Waals surface area contributed by atoms with Crippen molar-refractivity contribution >= 4 is 58.0 Å². The average Bonchev–Trinajstić information content (AvgIpc) is 2.99. The second-order valence-corrected chi connectivity index (χ2v) is 6.34. The van der Waals surface area contributed by atoms with E-state index >= 15 is 0 Å². The number of hydrogen-bond donors (Lipinski definition) is 0. The van der Waals surface area contributed by atoms with E-state index in [0.717, 1.165) is 30.7 Å². The standard InChI is InChI=1S/C19H16N2S.2ClH/c1-2-8-18-17(7-1)16(13-22-18)11-14-5-4-10-21-19(14)15-6-3-9-20-12-15;;/h1-3,6-9,11-13H,4-5,10H2;2*1H.